The molecule has 4 nitrogen and oxygen atoms in total. The number of hydrogen-bond acceptors (Lipinski definition) is 2. The molecule has 1 aromatic heterocycles. The minimum atomic E-state index is -0.487. The Morgan fingerprint density at radius 1 is 1.54 bits per heavy atom. The lowest BCUT2D eigenvalue weighted by atomic mass is 10.4. The van der Waals surface area contributed by atoms with E-state index < -0.39 is 17.9 Å². The molecule has 0 unspecified atom stereocenters. The molecule has 0 aromatic carbocycles. The van der Waals surface area contributed by atoms with Gasteiger partial charge in [0.05, 0.1) is 10.2 Å². The Morgan fingerprint density at radius 2 is 2.23 bits per heavy atom. The summed E-state index contributed by atoms with van der Waals surface area (Å²) in [6.45, 7) is -0.176. The van der Waals surface area contributed by atoms with Crippen molar-refractivity contribution < 1.29 is 4.39 Å². The first-order valence-electron chi connectivity index (χ1n) is 3.70. The third kappa shape index (κ3) is 2.64. The molecule has 0 amide bonds. The van der Waals surface area contributed by atoms with E-state index in [1.807, 2.05) is 22.6 Å². The molecule has 0 aliphatic heterocycles. The average molecular weight is 298 g/mol. The van der Waals surface area contributed by atoms with Gasteiger partial charge in [-0.05, 0) is 29.0 Å². The number of aromatic nitrogens is 2. The number of nitrogens with zero attached hydrogens (tertiary/aromatic N) is 1. The van der Waals surface area contributed by atoms with Gasteiger partial charge in [0.25, 0.3) is 5.56 Å². The van der Waals surface area contributed by atoms with Crippen LogP contribution in [-0.4, -0.2) is 16.2 Å². The number of hydrogen-bond donors (Lipinski definition) is 1. The van der Waals surface area contributed by atoms with Gasteiger partial charge in [-0.15, -0.1) is 0 Å². The highest BCUT2D eigenvalue weighted by atomic mass is 127. The largest absolute Gasteiger partial charge is 0.328 e. The van der Waals surface area contributed by atoms with Crippen LogP contribution in [0.2, 0.25) is 0 Å². The van der Waals surface area contributed by atoms with Crippen molar-refractivity contribution >= 4 is 22.6 Å². The van der Waals surface area contributed by atoms with Crippen LogP contribution >= 0.6 is 22.6 Å². The Kier molecular flexibility index (Phi) is 3.64. The monoisotopic (exact) mass is 298 g/mol. The highest BCUT2D eigenvalue weighted by Crippen LogP contribution is 1.94. The van der Waals surface area contributed by atoms with Crippen LogP contribution in [0.4, 0.5) is 4.39 Å². The molecule has 0 saturated carbocycles. The number of aromatic amines is 1. The van der Waals surface area contributed by atoms with Crippen LogP contribution < -0.4 is 11.2 Å². The Bertz CT molecular complexity index is 398. The first-order chi connectivity index (χ1) is 6.15. The van der Waals surface area contributed by atoms with Crippen molar-refractivity contribution in [3.8, 4) is 0 Å². The molecule has 0 saturated heterocycles. The van der Waals surface area contributed by atoms with Crippen LogP contribution in [0.3, 0.4) is 0 Å². The van der Waals surface area contributed by atoms with Crippen LogP contribution in [0.25, 0.3) is 0 Å². The van der Waals surface area contributed by atoms with Crippen molar-refractivity contribution in [2.75, 3.05) is 6.67 Å². The van der Waals surface area contributed by atoms with E-state index in [2.05, 4.69) is 4.98 Å². The van der Waals surface area contributed by atoms with Gasteiger partial charge in [0.15, 0.2) is 0 Å². The molecule has 72 valence electrons. The molecule has 0 aliphatic carbocycles. The summed E-state index contributed by atoms with van der Waals surface area (Å²) in [5.74, 6) is 0. The van der Waals surface area contributed by atoms with Crippen molar-refractivity contribution in [2.45, 2.75) is 13.0 Å². The van der Waals surface area contributed by atoms with Crippen LogP contribution in [0.1, 0.15) is 6.42 Å². The van der Waals surface area contributed by atoms with Gasteiger partial charge in [-0.1, -0.05) is 0 Å². The first kappa shape index (κ1) is 10.4. The summed E-state index contributed by atoms with van der Waals surface area (Å²) >= 11 is 1.82. The fraction of sp³-hybridized carbons (Fsp3) is 0.429. The molecule has 13 heavy (non-hydrogen) atoms. The van der Waals surface area contributed by atoms with Gasteiger partial charge in [-0.25, -0.2) is 4.79 Å². The van der Waals surface area contributed by atoms with E-state index in [1.54, 1.807) is 0 Å². The molecule has 0 fully saturated rings. The van der Waals surface area contributed by atoms with Gasteiger partial charge in [0.2, 0.25) is 0 Å². The maximum Gasteiger partial charge on any atom is 0.328 e. The van der Waals surface area contributed by atoms with Crippen molar-refractivity contribution in [2.24, 2.45) is 0 Å². The van der Waals surface area contributed by atoms with E-state index in [-0.39, 0.29) is 6.42 Å². The fourth-order valence-corrected chi connectivity index (χ4v) is 1.35. The van der Waals surface area contributed by atoms with Crippen LogP contribution in [-0.2, 0) is 6.54 Å². The number of H-pyrrole nitrogens is 1. The molecule has 0 radical (unpaired) electrons. The number of rotatable bonds is 3. The van der Waals surface area contributed by atoms with E-state index in [4.69, 9.17) is 0 Å². The molecule has 1 rings (SSSR count). The summed E-state index contributed by atoms with van der Waals surface area (Å²) in [6, 6.07) is 0. The van der Waals surface area contributed by atoms with Crippen LogP contribution in [0.5, 0.6) is 0 Å². The molecule has 0 aliphatic rings. The van der Waals surface area contributed by atoms with E-state index in [1.165, 1.54) is 10.8 Å². The van der Waals surface area contributed by atoms with Gasteiger partial charge >= 0.3 is 5.69 Å². The van der Waals surface area contributed by atoms with E-state index >= 15 is 0 Å². The molecular weight excluding hydrogens is 290 g/mol. The molecule has 6 heteroatoms. The summed E-state index contributed by atoms with van der Waals surface area (Å²) < 4.78 is 13.5. The van der Waals surface area contributed by atoms with Crippen LogP contribution in [0, 0.1) is 3.57 Å². The second-order valence-corrected chi connectivity index (χ2v) is 3.63. The number of halogens is 2. The summed E-state index contributed by atoms with van der Waals surface area (Å²) in [4.78, 5) is 24.1. The maximum absolute atomic E-state index is 11.8. The Balaban J connectivity index is 3.02. The predicted octanol–water partition coefficient (Wildman–Crippen LogP) is 0.501. The number of aryl methyl sites for hydroxylation is 1. The maximum atomic E-state index is 11.8. The average Bonchev–Trinajstić information content (AvgIpc) is 2.09. The van der Waals surface area contributed by atoms with Gasteiger partial charge in [0, 0.05) is 12.7 Å². The third-order valence-electron chi connectivity index (χ3n) is 1.50. The lowest BCUT2D eigenvalue weighted by Crippen LogP contribution is -2.31. The Morgan fingerprint density at radius 3 is 2.85 bits per heavy atom. The SMILES string of the molecule is O=c1[nH]c(=O)n(CCCF)cc1I. The smallest absolute Gasteiger partial charge is 0.299 e. The highest BCUT2D eigenvalue weighted by Gasteiger charge is 2.00. The molecule has 1 aromatic rings. The molecule has 0 spiro atoms. The molecule has 1 N–H and O–H groups in total. The second-order valence-electron chi connectivity index (χ2n) is 2.47. The summed E-state index contributed by atoms with van der Waals surface area (Å²) in [7, 11) is 0. The van der Waals surface area contributed by atoms with Crippen molar-refractivity contribution in [3.63, 3.8) is 0 Å². The van der Waals surface area contributed by atoms with Gasteiger partial charge < -0.3 is 0 Å². The second kappa shape index (κ2) is 4.54. The first-order valence-corrected chi connectivity index (χ1v) is 4.78. The lowest BCUT2D eigenvalue weighted by molar-refractivity contribution is 0.441. The van der Waals surface area contributed by atoms with Crippen molar-refractivity contribution in [1.82, 2.24) is 9.55 Å². The zero-order chi connectivity index (χ0) is 9.84. The minimum absolute atomic E-state index is 0.280. The molecule has 0 atom stereocenters. The number of alkyl halides is 1. The van der Waals surface area contributed by atoms with Gasteiger partial charge in [-0.3, -0.25) is 18.7 Å². The minimum Gasteiger partial charge on any atom is -0.299 e. The quantitative estimate of drug-likeness (QED) is 0.826. The molecular formula is C7H8FIN2O2. The lowest BCUT2D eigenvalue weighted by Gasteiger charge is -2.02. The number of nitrogens with one attached hydrogen (secondary N) is 1. The standard InChI is InChI=1S/C7H8FIN2O2/c8-2-1-3-11-4-5(9)6(12)10-7(11)13/h4H,1-3H2,(H,10,12,13). The van der Waals surface area contributed by atoms with Crippen LogP contribution in [0.15, 0.2) is 15.8 Å². The predicted molar refractivity (Wildman–Crippen MR) is 54.6 cm³/mol. The Hall–Kier alpha value is -0.660. The van der Waals surface area contributed by atoms with Crippen molar-refractivity contribution in [1.29, 1.82) is 0 Å². The Labute approximate surface area is 86.9 Å². The molecule has 0 bridgehead atoms. The van der Waals surface area contributed by atoms with Gasteiger partial charge in [-0.2, -0.15) is 0 Å². The topological polar surface area (TPSA) is 54.9 Å². The molecule has 1 heterocycles. The zero-order valence-electron chi connectivity index (χ0n) is 6.72. The normalized spacial score (nSPS) is 10.3. The third-order valence-corrected chi connectivity index (χ3v) is 2.27. The van der Waals surface area contributed by atoms with Crippen molar-refractivity contribution in [3.05, 3.63) is 30.6 Å². The highest BCUT2D eigenvalue weighted by molar-refractivity contribution is 14.1. The summed E-state index contributed by atoms with van der Waals surface area (Å²) in [6.07, 6.45) is 1.71. The van der Waals surface area contributed by atoms with E-state index in [9.17, 15) is 14.0 Å². The van der Waals surface area contributed by atoms with Gasteiger partial charge in [0.1, 0.15) is 0 Å². The van der Waals surface area contributed by atoms with E-state index in [0.29, 0.717) is 10.1 Å². The fourth-order valence-electron chi connectivity index (χ4n) is 0.879. The summed E-state index contributed by atoms with van der Waals surface area (Å²) in [5.41, 5.74) is -0.888. The van der Waals surface area contributed by atoms with E-state index in [0.717, 1.165) is 0 Å². The summed E-state index contributed by atoms with van der Waals surface area (Å²) in [5, 5.41) is 0. The zero-order valence-corrected chi connectivity index (χ0v) is 8.88.